The standard InChI is InChI=1S/C12H12N4O2S2/c1-20(17,18)9-4-2-8(3-5-9)19-12-10(11(13)14)15-6-7-16-12/h2-7H,1H3,(H3,13,14). The van der Waals surface area contributed by atoms with Gasteiger partial charge in [-0.15, -0.1) is 0 Å². The third-order valence-corrected chi connectivity index (χ3v) is 4.51. The maximum absolute atomic E-state index is 11.4. The van der Waals surface area contributed by atoms with Crippen LogP contribution in [0, 0.1) is 5.41 Å². The second-order valence-electron chi connectivity index (χ2n) is 3.97. The highest BCUT2D eigenvalue weighted by Crippen LogP contribution is 2.28. The van der Waals surface area contributed by atoms with Crippen LogP contribution in [0.15, 0.2) is 51.5 Å². The van der Waals surface area contributed by atoms with E-state index in [9.17, 15) is 8.42 Å². The largest absolute Gasteiger partial charge is 0.382 e. The molecular weight excluding hydrogens is 296 g/mol. The van der Waals surface area contributed by atoms with Crippen LogP contribution in [0.4, 0.5) is 0 Å². The maximum Gasteiger partial charge on any atom is 0.175 e. The lowest BCUT2D eigenvalue weighted by molar-refractivity contribution is 0.602. The summed E-state index contributed by atoms with van der Waals surface area (Å²) < 4.78 is 22.7. The zero-order chi connectivity index (χ0) is 14.8. The lowest BCUT2D eigenvalue weighted by Gasteiger charge is -2.06. The molecule has 6 nitrogen and oxygen atoms in total. The Morgan fingerprint density at radius 1 is 1.20 bits per heavy atom. The molecule has 1 aromatic heterocycles. The van der Waals surface area contributed by atoms with Crippen molar-refractivity contribution >= 4 is 27.4 Å². The molecule has 20 heavy (non-hydrogen) atoms. The number of hydrogen-bond donors (Lipinski definition) is 2. The fourth-order valence-electron chi connectivity index (χ4n) is 1.45. The van der Waals surface area contributed by atoms with Gasteiger partial charge in [0.05, 0.1) is 4.90 Å². The Kier molecular flexibility index (Phi) is 4.05. The summed E-state index contributed by atoms with van der Waals surface area (Å²) in [6.45, 7) is 0. The first kappa shape index (κ1) is 14.5. The van der Waals surface area contributed by atoms with Gasteiger partial charge in [0.25, 0.3) is 0 Å². The molecule has 0 radical (unpaired) electrons. The minimum absolute atomic E-state index is 0.159. The maximum atomic E-state index is 11.4. The average molecular weight is 308 g/mol. The summed E-state index contributed by atoms with van der Waals surface area (Å²) in [4.78, 5) is 9.18. The van der Waals surface area contributed by atoms with Crippen LogP contribution in [0.3, 0.4) is 0 Å². The van der Waals surface area contributed by atoms with Gasteiger partial charge in [0.2, 0.25) is 0 Å². The summed E-state index contributed by atoms with van der Waals surface area (Å²) in [6.07, 6.45) is 4.14. The molecule has 0 saturated carbocycles. The number of nitrogen functional groups attached to an aromatic ring is 1. The number of rotatable bonds is 4. The SMILES string of the molecule is CS(=O)(=O)c1ccc(Sc2nccnc2C(=N)N)cc1. The third kappa shape index (κ3) is 3.34. The minimum atomic E-state index is -3.21. The third-order valence-electron chi connectivity index (χ3n) is 2.39. The van der Waals surface area contributed by atoms with Crippen molar-refractivity contribution in [1.29, 1.82) is 5.41 Å². The summed E-state index contributed by atoms with van der Waals surface area (Å²) in [5.41, 5.74) is 5.75. The van der Waals surface area contributed by atoms with Crippen molar-refractivity contribution in [3.8, 4) is 0 Å². The average Bonchev–Trinajstić information content (AvgIpc) is 2.38. The Labute approximate surface area is 120 Å². The molecule has 1 heterocycles. The van der Waals surface area contributed by atoms with E-state index in [1.165, 1.54) is 36.3 Å². The second kappa shape index (κ2) is 5.59. The van der Waals surface area contributed by atoms with E-state index in [4.69, 9.17) is 11.1 Å². The topological polar surface area (TPSA) is 110 Å². The number of sulfone groups is 1. The fraction of sp³-hybridized carbons (Fsp3) is 0.0833. The molecule has 0 aliphatic carbocycles. The molecule has 1 aromatic carbocycles. The van der Waals surface area contributed by atoms with Crippen LogP contribution >= 0.6 is 11.8 Å². The molecule has 0 fully saturated rings. The fourth-order valence-corrected chi connectivity index (χ4v) is 2.95. The highest BCUT2D eigenvalue weighted by Gasteiger charge is 2.11. The van der Waals surface area contributed by atoms with Crippen molar-refractivity contribution in [2.75, 3.05) is 6.26 Å². The van der Waals surface area contributed by atoms with Crippen LogP contribution in [0.1, 0.15) is 5.69 Å². The molecular formula is C12H12N4O2S2. The quantitative estimate of drug-likeness (QED) is 0.651. The molecule has 0 aliphatic heterocycles. The van der Waals surface area contributed by atoms with Crippen molar-refractivity contribution in [3.63, 3.8) is 0 Å². The summed E-state index contributed by atoms with van der Waals surface area (Å²) in [7, 11) is -3.21. The van der Waals surface area contributed by atoms with Gasteiger partial charge in [0, 0.05) is 23.5 Å². The van der Waals surface area contributed by atoms with Crippen LogP contribution in [0.25, 0.3) is 0 Å². The number of benzene rings is 1. The molecule has 2 aromatic rings. The van der Waals surface area contributed by atoms with Crippen LogP contribution in [-0.2, 0) is 9.84 Å². The number of nitrogens with two attached hydrogens (primary N) is 1. The van der Waals surface area contributed by atoms with E-state index in [0.717, 1.165) is 11.2 Å². The van der Waals surface area contributed by atoms with E-state index in [-0.39, 0.29) is 10.7 Å². The summed E-state index contributed by atoms with van der Waals surface area (Å²) in [6, 6.07) is 6.42. The summed E-state index contributed by atoms with van der Waals surface area (Å²) >= 11 is 1.27. The number of nitrogens with zero attached hydrogens (tertiary/aromatic N) is 2. The number of hydrogen-bond acceptors (Lipinski definition) is 6. The first-order valence-electron chi connectivity index (χ1n) is 5.51. The Morgan fingerprint density at radius 3 is 2.35 bits per heavy atom. The predicted molar refractivity (Wildman–Crippen MR) is 76.7 cm³/mol. The zero-order valence-corrected chi connectivity index (χ0v) is 12.2. The van der Waals surface area contributed by atoms with Crippen molar-refractivity contribution in [2.45, 2.75) is 14.8 Å². The summed E-state index contributed by atoms with van der Waals surface area (Å²) in [5, 5.41) is 7.95. The van der Waals surface area contributed by atoms with Crippen LogP contribution in [0.2, 0.25) is 0 Å². The van der Waals surface area contributed by atoms with Crippen molar-refractivity contribution < 1.29 is 8.42 Å². The lowest BCUT2D eigenvalue weighted by Crippen LogP contribution is -2.14. The minimum Gasteiger partial charge on any atom is -0.382 e. The van der Waals surface area contributed by atoms with Gasteiger partial charge in [-0.1, -0.05) is 11.8 Å². The molecule has 8 heteroatoms. The number of nitrogens with one attached hydrogen (secondary N) is 1. The Balaban J connectivity index is 2.30. The molecule has 0 spiro atoms. The second-order valence-corrected chi connectivity index (χ2v) is 7.05. The molecule has 0 atom stereocenters. The van der Waals surface area contributed by atoms with E-state index in [2.05, 4.69) is 9.97 Å². The number of aromatic nitrogens is 2. The van der Waals surface area contributed by atoms with Gasteiger partial charge in [-0.25, -0.2) is 18.4 Å². The van der Waals surface area contributed by atoms with Gasteiger partial charge in [-0.05, 0) is 24.3 Å². The highest BCUT2D eigenvalue weighted by molar-refractivity contribution is 7.99. The van der Waals surface area contributed by atoms with Crippen molar-refractivity contribution in [2.24, 2.45) is 5.73 Å². The summed E-state index contributed by atoms with van der Waals surface area (Å²) in [5.74, 6) is -0.159. The Morgan fingerprint density at radius 2 is 1.80 bits per heavy atom. The number of amidine groups is 1. The lowest BCUT2D eigenvalue weighted by atomic mass is 10.4. The smallest absolute Gasteiger partial charge is 0.175 e. The first-order chi connectivity index (χ1) is 9.38. The van der Waals surface area contributed by atoms with Crippen molar-refractivity contribution in [1.82, 2.24) is 9.97 Å². The van der Waals surface area contributed by atoms with Gasteiger partial charge in [0.1, 0.15) is 16.6 Å². The van der Waals surface area contributed by atoms with Gasteiger partial charge < -0.3 is 5.73 Å². The predicted octanol–water partition coefficient (Wildman–Crippen LogP) is 1.32. The van der Waals surface area contributed by atoms with E-state index < -0.39 is 9.84 Å². The molecule has 0 amide bonds. The molecule has 0 saturated heterocycles. The molecule has 0 unspecified atom stereocenters. The molecule has 104 valence electrons. The zero-order valence-electron chi connectivity index (χ0n) is 10.6. The normalized spacial score (nSPS) is 11.2. The molecule has 2 rings (SSSR count). The monoisotopic (exact) mass is 308 g/mol. The molecule has 0 aliphatic rings. The van der Waals surface area contributed by atoms with E-state index in [1.807, 2.05) is 0 Å². The van der Waals surface area contributed by atoms with Gasteiger partial charge in [-0.2, -0.15) is 0 Å². The highest BCUT2D eigenvalue weighted by atomic mass is 32.2. The van der Waals surface area contributed by atoms with E-state index in [1.54, 1.807) is 12.1 Å². The van der Waals surface area contributed by atoms with E-state index >= 15 is 0 Å². The van der Waals surface area contributed by atoms with E-state index in [0.29, 0.717) is 10.7 Å². The van der Waals surface area contributed by atoms with Crippen LogP contribution < -0.4 is 5.73 Å². The van der Waals surface area contributed by atoms with Gasteiger partial charge in [0.15, 0.2) is 9.84 Å². The van der Waals surface area contributed by atoms with Crippen LogP contribution in [-0.4, -0.2) is 30.5 Å². The Hall–Kier alpha value is -1.93. The van der Waals surface area contributed by atoms with Crippen LogP contribution in [0.5, 0.6) is 0 Å². The van der Waals surface area contributed by atoms with Gasteiger partial charge in [-0.3, -0.25) is 5.41 Å². The Bertz CT molecular complexity index is 742. The van der Waals surface area contributed by atoms with Crippen molar-refractivity contribution in [3.05, 3.63) is 42.4 Å². The first-order valence-corrected chi connectivity index (χ1v) is 8.22. The molecule has 3 N–H and O–H groups in total. The van der Waals surface area contributed by atoms with Gasteiger partial charge >= 0.3 is 0 Å². The molecule has 0 bridgehead atoms.